The number of sulfone groups is 1. The van der Waals surface area contributed by atoms with Crippen LogP contribution in [0.4, 0.5) is 14.5 Å². The summed E-state index contributed by atoms with van der Waals surface area (Å²) in [5.74, 6) is -3.01. The summed E-state index contributed by atoms with van der Waals surface area (Å²) in [6, 6.07) is 6.43. The lowest BCUT2D eigenvalue weighted by atomic mass is 10.3. The largest absolute Gasteiger partial charge is 0.323 e. The van der Waals surface area contributed by atoms with Crippen molar-refractivity contribution in [1.29, 1.82) is 0 Å². The number of hydrogen-bond acceptors (Lipinski definition) is 5. The number of benzene rings is 2. The summed E-state index contributed by atoms with van der Waals surface area (Å²) in [6.45, 7) is 0. The molecule has 0 aliphatic rings. The van der Waals surface area contributed by atoms with E-state index in [4.69, 9.17) is 0 Å². The Balaban J connectivity index is 1.84. The maximum absolute atomic E-state index is 13.6. The van der Waals surface area contributed by atoms with Crippen LogP contribution in [0.2, 0.25) is 0 Å². The smallest absolute Gasteiger partial charge is 0.316 e. The number of anilines is 1. The lowest BCUT2D eigenvalue weighted by Crippen LogP contribution is -2.39. The lowest BCUT2D eigenvalue weighted by Gasteiger charge is -2.11. The minimum atomic E-state index is -3.94. The number of nitrogens with zero attached hydrogens (tertiary/aromatic N) is 2. The molecule has 0 bridgehead atoms. The Morgan fingerprint density at radius 3 is 2.27 bits per heavy atom. The first kappa shape index (κ1) is 21.4. The molecule has 2 aromatic carbocycles. The van der Waals surface area contributed by atoms with E-state index in [0.717, 1.165) is 27.3 Å². The van der Waals surface area contributed by atoms with Crippen molar-refractivity contribution >= 4 is 32.5 Å². The Labute approximate surface area is 169 Å². The normalized spacial score (nSPS) is 11.6. The topological polar surface area (TPSA) is 107 Å². The molecule has 0 unspecified atom stereocenters. The van der Waals surface area contributed by atoms with Crippen LogP contribution < -0.4 is 16.4 Å². The van der Waals surface area contributed by atoms with Gasteiger partial charge in [-0.3, -0.25) is 14.4 Å². The monoisotopic (exact) mass is 437 g/mol. The molecule has 0 radical (unpaired) electrons. The van der Waals surface area contributed by atoms with Gasteiger partial charge in [-0.2, -0.15) is 0 Å². The van der Waals surface area contributed by atoms with Crippen molar-refractivity contribution in [2.24, 2.45) is 14.1 Å². The summed E-state index contributed by atoms with van der Waals surface area (Å²) < 4.78 is 54.2. The number of halogens is 2. The third-order valence-electron chi connectivity index (χ3n) is 4.62. The van der Waals surface area contributed by atoms with Gasteiger partial charge in [0.2, 0.25) is 5.91 Å². The van der Waals surface area contributed by atoms with Gasteiger partial charge in [0.1, 0.15) is 11.6 Å². The minimum absolute atomic E-state index is 0.145. The summed E-state index contributed by atoms with van der Waals surface area (Å²) >= 11 is 0. The van der Waals surface area contributed by atoms with Crippen LogP contribution >= 0.6 is 0 Å². The Bertz CT molecular complexity index is 1390. The van der Waals surface area contributed by atoms with E-state index in [-0.39, 0.29) is 16.1 Å². The second kappa shape index (κ2) is 7.82. The molecule has 1 N–H and O–H groups in total. The molecule has 1 aromatic heterocycles. The van der Waals surface area contributed by atoms with Crippen LogP contribution in [0.25, 0.3) is 11.0 Å². The standard InChI is InChI=1S/C19H17F2N3O5S/c1-23-15-6-4-12(10-16(15)24(2)19(27)18(23)26)30(28,29)8-7-17(25)22-14-9-11(20)3-5-13(14)21/h3-6,9-10H,7-8H2,1-2H3,(H,22,25). The van der Waals surface area contributed by atoms with Crippen LogP contribution in [0.1, 0.15) is 6.42 Å². The number of aromatic nitrogens is 2. The molecule has 158 valence electrons. The van der Waals surface area contributed by atoms with Crippen LogP contribution in [0, 0.1) is 11.6 Å². The first-order valence-corrected chi connectivity index (χ1v) is 10.3. The van der Waals surface area contributed by atoms with Gasteiger partial charge in [-0.15, -0.1) is 0 Å². The maximum Gasteiger partial charge on any atom is 0.316 e. The van der Waals surface area contributed by atoms with E-state index in [2.05, 4.69) is 5.32 Å². The molecular weight excluding hydrogens is 420 g/mol. The average Bonchev–Trinajstić information content (AvgIpc) is 2.71. The Hall–Kier alpha value is -3.34. The zero-order valence-corrected chi connectivity index (χ0v) is 16.8. The van der Waals surface area contributed by atoms with Crippen molar-refractivity contribution in [2.75, 3.05) is 11.1 Å². The summed E-state index contributed by atoms with van der Waals surface area (Å²) in [5.41, 5.74) is -1.35. The Kier molecular flexibility index (Phi) is 5.57. The van der Waals surface area contributed by atoms with Gasteiger partial charge >= 0.3 is 11.1 Å². The van der Waals surface area contributed by atoms with E-state index in [1.54, 1.807) is 0 Å². The molecule has 1 heterocycles. The summed E-state index contributed by atoms with van der Waals surface area (Å²) in [6.07, 6.45) is -0.497. The van der Waals surface area contributed by atoms with E-state index in [9.17, 15) is 31.6 Å². The van der Waals surface area contributed by atoms with Crippen molar-refractivity contribution in [2.45, 2.75) is 11.3 Å². The van der Waals surface area contributed by atoms with Crippen LogP contribution in [0.5, 0.6) is 0 Å². The molecule has 8 nitrogen and oxygen atoms in total. The zero-order valence-electron chi connectivity index (χ0n) is 16.0. The molecule has 0 aliphatic carbocycles. The van der Waals surface area contributed by atoms with Gasteiger partial charge in [-0.05, 0) is 30.3 Å². The molecule has 0 spiro atoms. The number of carbonyl (C=O) groups excluding carboxylic acids is 1. The second-order valence-corrected chi connectivity index (χ2v) is 8.73. The number of rotatable bonds is 5. The molecule has 0 fully saturated rings. The fraction of sp³-hybridized carbons (Fsp3) is 0.211. The highest BCUT2D eigenvalue weighted by molar-refractivity contribution is 7.91. The Morgan fingerprint density at radius 1 is 0.967 bits per heavy atom. The van der Waals surface area contributed by atoms with Crippen molar-refractivity contribution in [1.82, 2.24) is 9.13 Å². The summed E-state index contributed by atoms with van der Waals surface area (Å²) in [5, 5.41) is 2.13. The van der Waals surface area contributed by atoms with E-state index in [1.807, 2.05) is 0 Å². The highest BCUT2D eigenvalue weighted by Gasteiger charge is 2.19. The van der Waals surface area contributed by atoms with Gasteiger partial charge in [0.05, 0.1) is 27.4 Å². The van der Waals surface area contributed by atoms with Crippen LogP contribution in [-0.2, 0) is 28.7 Å². The average molecular weight is 437 g/mol. The number of nitrogens with one attached hydrogen (secondary N) is 1. The first-order valence-electron chi connectivity index (χ1n) is 8.68. The molecule has 3 rings (SSSR count). The predicted octanol–water partition coefficient (Wildman–Crippen LogP) is 1.32. The van der Waals surface area contributed by atoms with Gasteiger partial charge in [0.15, 0.2) is 9.84 Å². The third kappa shape index (κ3) is 4.01. The van der Waals surface area contributed by atoms with Crippen LogP contribution in [0.3, 0.4) is 0 Å². The maximum atomic E-state index is 13.6. The van der Waals surface area contributed by atoms with Gasteiger partial charge in [-0.25, -0.2) is 17.2 Å². The van der Waals surface area contributed by atoms with Gasteiger partial charge < -0.3 is 14.5 Å². The Morgan fingerprint density at radius 2 is 1.60 bits per heavy atom. The van der Waals surface area contributed by atoms with Crippen molar-refractivity contribution in [3.8, 4) is 0 Å². The van der Waals surface area contributed by atoms with E-state index >= 15 is 0 Å². The van der Waals surface area contributed by atoms with Gasteiger partial charge in [-0.1, -0.05) is 0 Å². The van der Waals surface area contributed by atoms with E-state index < -0.39 is 50.7 Å². The number of amides is 1. The third-order valence-corrected chi connectivity index (χ3v) is 6.34. The second-order valence-electron chi connectivity index (χ2n) is 6.62. The summed E-state index contributed by atoms with van der Waals surface area (Å²) in [4.78, 5) is 35.7. The highest BCUT2D eigenvalue weighted by Crippen LogP contribution is 2.19. The fourth-order valence-corrected chi connectivity index (χ4v) is 4.16. The molecular formula is C19H17F2N3O5S. The van der Waals surface area contributed by atoms with Crippen LogP contribution in [0.15, 0.2) is 50.9 Å². The van der Waals surface area contributed by atoms with Gasteiger partial charge in [0.25, 0.3) is 0 Å². The molecule has 1 amide bonds. The molecule has 0 saturated heterocycles. The quantitative estimate of drug-likeness (QED) is 0.606. The van der Waals surface area contributed by atoms with E-state index in [1.165, 1.54) is 32.3 Å². The lowest BCUT2D eigenvalue weighted by molar-refractivity contribution is -0.115. The zero-order chi connectivity index (χ0) is 22.2. The molecule has 3 aromatic rings. The number of hydrogen-bond donors (Lipinski definition) is 1. The molecule has 11 heteroatoms. The molecule has 0 saturated carbocycles. The SMILES string of the molecule is Cn1c(=O)c(=O)n(C)c2cc(S(=O)(=O)CCC(=O)Nc3cc(F)ccc3F)ccc21. The van der Waals surface area contributed by atoms with Crippen LogP contribution in [-0.4, -0.2) is 29.2 Å². The number of aryl methyl sites for hydroxylation is 2. The van der Waals surface area contributed by atoms with Crippen molar-refractivity contribution in [3.05, 3.63) is 68.7 Å². The highest BCUT2D eigenvalue weighted by atomic mass is 32.2. The molecule has 0 aliphatic heterocycles. The van der Waals surface area contributed by atoms with Crippen molar-refractivity contribution < 1.29 is 22.0 Å². The number of carbonyl (C=O) groups is 1. The number of fused-ring (bicyclic) bond motifs is 1. The summed E-state index contributed by atoms with van der Waals surface area (Å²) in [7, 11) is -1.19. The predicted molar refractivity (Wildman–Crippen MR) is 106 cm³/mol. The first-order chi connectivity index (χ1) is 14.0. The molecule has 0 atom stereocenters. The minimum Gasteiger partial charge on any atom is -0.323 e. The fourth-order valence-electron chi connectivity index (χ4n) is 2.91. The van der Waals surface area contributed by atoms with Gasteiger partial charge in [0, 0.05) is 26.6 Å². The molecule has 30 heavy (non-hydrogen) atoms. The van der Waals surface area contributed by atoms with E-state index in [0.29, 0.717) is 5.52 Å². The van der Waals surface area contributed by atoms with Crippen molar-refractivity contribution in [3.63, 3.8) is 0 Å².